The van der Waals surface area contributed by atoms with Crippen LogP contribution in [0.15, 0.2) is 12.1 Å². The monoisotopic (exact) mass is 259 g/mol. The van der Waals surface area contributed by atoms with Crippen LogP contribution in [-0.2, 0) is 12.8 Å². The van der Waals surface area contributed by atoms with Crippen LogP contribution in [0.4, 0.5) is 5.82 Å². The number of aryl methyl sites for hydroxylation is 2. The van der Waals surface area contributed by atoms with Gasteiger partial charge in [-0.2, -0.15) is 0 Å². The van der Waals surface area contributed by atoms with Gasteiger partial charge in [-0.15, -0.1) is 11.3 Å². The summed E-state index contributed by atoms with van der Waals surface area (Å²) in [4.78, 5) is 11.6. The SMILES string of the molecule is Cc1ccc(-c2nc(N)c3c(n2)CCCCC3)s1. The minimum atomic E-state index is 0.683. The molecule has 4 heteroatoms. The number of nitrogen functional groups attached to an aromatic ring is 1. The lowest BCUT2D eigenvalue weighted by Gasteiger charge is -2.09. The summed E-state index contributed by atoms with van der Waals surface area (Å²) in [5.41, 5.74) is 8.46. The van der Waals surface area contributed by atoms with E-state index in [1.807, 2.05) is 0 Å². The molecule has 0 spiro atoms. The highest BCUT2D eigenvalue weighted by Gasteiger charge is 2.16. The molecule has 3 rings (SSSR count). The molecule has 0 radical (unpaired) electrons. The lowest BCUT2D eigenvalue weighted by molar-refractivity contribution is 0.709. The summed E-state index contributed by atoms with van der Waals surface area (Å²) in [7, 11) is 0. The van der Waals surface area contributed by atoms with Crippen molar-refractivity contribution in [3.05, 3.63) is 28.3 Å². The number of rotatable bonds is 1. The van der Waals surface area contributed by atoms with Gasteiger partial charge in [-0.3, -0.25) is 0 Å². The highest BCUT2D eigenvalue weighted by molar-refractivity contribution is 7.15. The quantitative estimate of drug-likeness (QED) is 0.799. The molecular weight excluding hydrogens is 242 g/mol. The topological polar surface area (TPSA) is 51.8 Å². The number of fused-ring (bicyclic) bond motifs is 1. The van der Waals surface area contributed by atoms with Crippen LogP contribution in [-0.4, -0.2) is 9.97 Å². The van der Waals surface area contributed by atoms with E-state index in [0.717, 1.165) is 23.5 Å². The largest absolute Gasteiger partial charge is 0.383 e. The summed E-state index contributed by atoms with van der Waals surface area (Å²) in [6.07, 6.45) is 5.76. The zero-order valence-electron chi connectivity index (χ0n) is 10.6. The van der Waals surface area contributed by atoms with Crippen molar-refractivity contribution >= 4 is 17.2 Å². The van der Waals surface area contributed by atoms with E-state index in [2.05, 4.69) is 24.0 Å². The molecular formula is C14H17N3S. The van der Waals surface area contributed by atoms with Crippen molar-refractivity contribution in [1.29, 1.82) is 0 Å². The molecule has 0 aliphatic heterocycles. The van der Waals surface area contributed by atoms with Crippen molar-refractivity contribution in [2.24, 2.45) is 0 Å². The molecule has 2 aromatic rings. The molecule has 0 aromatic carbocycles. The van der Waals surface area contributed by atoms with Gasteiger partial charge in [0.15, 0.2) is 5.82 Å². The van der Waals surface area contributed by atoms with Crippen molar-refractivity contribution in [1.82, 2.24) is 9.97 Å². The first kappa shape index (κ1) is 11.7. The Kier molecular flexibility index (Phi) is 3.04. The Morgan fingerprint density at radius 2 is 1.94 bits per heavy atom. The van der Waals surface area contributed by atoms with Crippen LogP contribution in [0.25, 0.3) is 10.7 Å². The molecule has 0 unspecified atom stereocenters. The van der Waals surface area contributed by atoms with E-state index in [1.165, 1.54) is 35.4 Å². The maximum Gasteiger partial charge on any atom is 0.171 e. The second-order valence-electron chi connectivity index (χ2n) is 4.83. The van der Waals surface area contributed by atoms with Crippen LogP contribution in [0, 0.1) is 6.92 Å². The van der Waals surface area contributed by atoms with Gasteiger partial charge in [0.1, 0.15) is 5.82 Å². The highest BCUT2D eigenvalue weighted by Crippen LogP contribution is 2.29. The van der Waals surface area contributed by atoms with Gasteiger partial charge in [0.2, 0.25) is 0 Å². The fourth-order valence-electron chi connectivity index (χ4n) is 2.46. The van der Waals surface area contributed by atoms with Crippen LogP contribution in [0.3, 0.4) is 0 Å². The number of thiophene rings is 1. The molecule has 0 bridgehead atoms. The zero-order chi connectivity index (χ0) is 12.5. The van der Waals surface area contributed by atoms with Gasteiger partial charge in [-0.1, -0.05) is 6.42 Å². The Bertz CT molecular complexity index is 574. The fourth-order valence-corrected chi connectivity index (χ4v) is 3.27. The molecule has 94 valence electrons. The summed E-state index contributed by atoms with van der Waals surface area (Å²) in [6.45, 7) is 2.10. The predicted octanol–water partition coefficient (Wildman–Crippen LogP) is 3.36. The lowest BCUT2D eigenvalue weighted by Crippen LogP contribution is -2.06. The summed E-state index contributed by atoms with van der Waals surface area (Å²) >= 11 is 1.72. The van der Waals surface area contributed by atoms with Crippen LogP contribution >= 0.6 is 11.3 Å². The smallest absolute Gasteiger partial charge is 0.171 e. The van der Waals surface area contributed by atoms with Crippen LogP contribution in [0.1, 0.15) is 35.4 Å². The van der Waals surface area contributed by atoms with E-state index in [9.17, 15) is 0 Å². The van der Waals surface area contributed by atoms with Gasteiger partial charge in [-0.25, -0.2) is 9.97 Å². The molecule has 0 saturated heterocycles. The molecule has 0 amide bonds. The van der Waals surface area contributed by atoms with E-state index >= 15 is 0 Å². The number of aromatic nitrogens is 2. The minimum absolute atomic E-state index is 0.683. The van der Waals surface area contributed by atoms with E-state index in [1.54, 1.807) is 11.3 Å². The second-order valence-corrected chi connectivity index (χ2v) is 6.12. The van der Waals surface area contributed by atoms with E-state index in [4.69, 9.17) is 10.7 Å². The summed E-state index contributed by atoms with van der Waals surface area (Å²) in [6, 6.07) is 4.18. The number of hydrogen-bond acceptors (Lipinski definition) is 4. The average Bonchev–Trinajstić information content (AvgIpc) is 2.63. The normalized spacial score (nSPS) is 15.2. The van der Waals surface area contributed by atoms with Gasteiger partial charge < -0.3 is 5.73 Å². The number of nitrogens with two attached hydrogens (primary N) is 1. The molecule has 1 aliphatic rings. The van der Waals surface area contributed by atoms with E-state index in [0.29, 0.717) is 5.82 Å². The number of anilines is 1. The third-order valence-electron chi connectivity index (χ3n) is 3.43. The third-order valence-corrected chi connectivity index (χ3v) is 4.42. The Hall–Kier alpha value is -1.42. The Balaban J connectivity index is 2.07. The van der Waals surface area contributed by atoms with Gasteiger partial charge in [0.25, 0.3) is 0 Å². The Labute approximate surface area is 111 Å². The van der Waals surface area contributed by atoms with Gasteiger partial charge in [-0.05, 0) is 44.7 Å². The first-order valence-electron chi connectivity index (χ1n) is 6.46. The lowest BCUT2D eigenvalue weighted by atomic mass is 10.1. The first-order chi connectivity index (χ1) is 8.74. The molecule has 2 heterocycles. The van der Waals surface area contributed by atoms with Crippen molar-refractivity contribution in [3.8, 4) is 10.7 Å². The molecule has 0 atom stereocenters. The van der Waals surface area contributed by atoms with Crippen LogP contribution < -0.4 is 5.73 Å². The third kappa shape index (κ3) is 2.12. The number of nitrogens with zero attached hydrogens (tertiary/aromatic N) is 2. The van der Waals surface area contributed by atoms with Crippen LogP contribution in [0.5, 0.6) is 0 Å². The van der Waals surface area contributed by atoms with Gasteiger partial charge >= 0.3 is 0 Å². The Morgan fingerprint density at radius 1 is 1.11 bits per heavy atom. The Morgan fingerprint density at radius 3 is 2.72 bits per heavy atom. The molecule has 0 saturated carbocycles. The van der Waals surface area contributed by atoms with Crippen molar-refractivity contribution in [2.45, 2.75) is 39.0 Å². The standard InChI is InChI=1S/C14H17N3S/c1-9-7-8-12(18-9)14-16-11-6-4-2-3-5-10(11)13(15)17-14/h7-8H,2-6H2,1H3,(H2,15,16,17). The molecule has 18 heavy (non-hydrogen) atoms. The predicted molar refractivity (Wildman–Crippen MR) is 75.8 cm³/mol. The maximum atomic E-state index is 6.11. The van der Waals surface area contributed by atoms with Crippen molar-refractivity contribution < 1.29 is 0 Å². The second kappa shape index (κ2) is 4.69. The van der Waals surface area contributed by atoms with E-state index < -0.39 is 0 Å². The zero-order valence-corrected chi connectivity index (χ0v) is 11.4. The van der Waals surface area contributed by atoms with Crippen molar-refractivity contribution in [3.63, 3.8) is 0 Å². The summed E-state index contributed by atoms with van der Waals surface area (Å²) < 4.78 is 0. The average molecular weight is 259 g/mol. The summed E-state index contributed by atoms with van der Waals surface area (Å²) in [5.74, 6) is 1.48. The maximum absolute atomic E-state index is 6.11. The van der Waals surface area contributed by atoms with E-state index in [-0.39, 0.29) is 0 Å². The minimum Gasteiger partial charge on any atom is -0.383 e. The van der Waals surface area contributed by atoms with Gasteiger partial charge in [0, 0.05) is 16.1 Å². The number of hydrogen-bond donors (Lipinski definition) is 1. The molecule has 2 aromatic heterocycles. The van der Waals surface area contributed by atoms with Gasteiger partial charge in [0.05, 0.1) is 4.88 Å². The highest BCUT2D eigenvalue weighted by atomic mass is 32.1. The fraction of sp³-hybridized carbons (Fsp3) is 0.429. The molecule has 0 fully saturated rings. The van der Waals surface area contributed by atoms with Crippen molar-refractivity contribution in [2.75, 3.05) is 5.73 Å². The molecule has 1 aliphatic carbocycles. The van der Waals surface area contributed by atoms with Crippen LogP contribution in [0.2, 0.25) is 0 Å². The first-order valence-corrected chi connectivity index (χ1v) is 7.28. The molecule has 3 nitrogen and oxygen atoms in total. The summed E-state index contributed by atoms with van der Waals surface area (Å²) in [5, 5.41) is 0. The molecule has 2 N–H and O–H groups in total.